The standard InChI is InChI=1S/C35H44FN5O3/c1-7-39(21(2)3)32(43)26-18-24(36)8-9-28(26)41-23(5)30(25-11-16-37-20-29(25)41)31(42)34(6)15-17-40(22(4)19-34)33(44)27-10-12-35(38-27)13-14-35/h8-9,11,16,18,20-22,27,38H,7,10,12-15,17,19H2,1-6H3/t22-,27-,34-/m0/s1. The fourth-order valence-electron chi connectivity index (χ4n) is 7.79. The van der Waals surface area contributed by atoms with Crippen LogP contribution in [-0.4, -0.2) is 73.7 Å². The van der Waals surface area contributed by atoms with E-state index in [1.165, 1.54) is 12.1 Å². The van der Waals surface area contributed by atoms with Crippen LogP contribution in [0.25, 0.3) is 16.6 Å². The Labute approximate surface area is 259 Å². The Kier molecular flexibility index (Phi) is 7.67. The van der Waals surface area contributed by atoms with Crippen LogP contribution in [0.5, 0.6) is 0 Å². The molecule has 1 saturated carbocycles. The van der Waals surface area contributed by atoms with E-state index < -0.39 is 11.2 Å². The monoisotopic (exact) mass is 601 g/mol. The van der Waals surface area contributed by atoms with E-state index in [0.717, 1.165) is 31.1 Å². The highest BCUT2D eigenvalue weighted by Gasteiger charge is 2.51. The topological polar surface area (TPSA) is 87.5 Å². The summed E-state index contributed by atoms with van der Waals surface area (Å²) in [6.45, 7) is 12.7. The molecule has 2 aliphatic heterocycles. The van der Waals surface area contributed by atoms with Crippen molar-refractivity contribution in [1.29, 1.82) is 0 Å². The van der Waals surface area contributed by atoms with Crippen molar-refractivity contribution >= 4 is 28.5 Å². The molecule has 1 aromatic carbocycles. The second-order valence-electron chi connectivity index (χ2n) is 13.8. The van der Waals surface area contributed by atoms with E-state index in [0.29, 0.717) is 48.4 Å². The lowest BCUT2D eigenvalue weighted by Crippen LogP contribution is -2.55. The van der Waals surface area contributed by atoms with E-state index in [-0.39, 0.29) is 46.8 Å². The fourth-order valence-corrected chi connectivity index (χ4v) is 7.79. The number of hydrogen-bond donors (Lipinski definition) is 1. The molecule has 234 valence electrons. The van der Waals surface area contributed by atoms with Crippen molar-refractivity contribution in [2.45, 2.75) is 104 Å². The number of amides is 2. The number of aromatic nitrogens is 2. The van der Waals surface area contributed by atoms with Crippen LogP contribution in [0.15, 0.2) is 36.7 Å². The quantitative estimate of drug-likeness (QED) is 0.345. The molecule has 0 radical (unpaired) electrons. The van der Waals surface area contributed by atoms with Crippen molar-refractivity contribution in [3.8, 4) is 5.69 Å². The maximum atomic E-state index is 14.6. The molecule has 3 fully saturated rings. The minimum atomic E-state index is -0.678. The van der Waals surface area contributed by atoms with Crippen LogP contribution in [0.4, 0.5) is 4.39 Å². The van der Waals surface area contributed by atoms with E-state index in [1.807, 2.05) is 50.2 Å². The summed E-state index contributed by atoms with van der Waals surface area (Å²) in [6, 6.07) is 5.82. The molecule has 9 heteroatoms. The van der Waals surface area contributed by atoms with Crippen molar-refractivity contribution < 1.29 is 18.8 Å². The Balaban J connectivity index is 1.35. The molecule has 1 spiro atoms. The average molecular weight is 602 g/mol. The number of rotatable bonds is 7. The van der Waals surface area contributed by atoms with Gasteiger partial charge in [0, 0.05) is 59.0 Å². The molecule has 0 unspecified atom stereocenters. The maximum Gasteiger partial charge on any atom is 0.256 e. The number of piperidine rings is 1. The third-order valence-electron chi connectivity index (χ3n) is 10.4. The lowest BCUT2D eigenvalue weighted by molar-refractivity contribution is -0.137. The highest BCUT2D eigenvalue weighted by atomic mass is 19.1. The normalized spacial score (nSPS) is 24.3. The van der Waals surface area contributed by atoms with Crippen LogP contribution in [0.3, 0.4) is 0 Å². The molecule has 8 nitrogen and oxygen atoms in total. The van der Waals surface area contributed by atoms with Gasteiger partial charge in [-0.1, -0.05) is 6.92 Å². The van der Waals surface area contributed by atoms with Crippen LogP contribution in [0.2, 0.25) is 0 Å². The summed E-state index contributed by atoms with van der Waals surface area (Å²) in [4.78, 5) is 49.9. The van der Waals surface area contributed by atoms with Gasteiger partial charge < -0.3 is 19.7 Å². The molecule has 1 aliphatic carbocycles. The molecule has 0 bridgehead atoms. The Morgan fingerprint density at radius 1 is 1.16 bits per heavy atom. The second kappa shape index (κ2) is 11.1. The lowest BCUT2D eigenvalue weighted by Gasteiger charge is -2.44. The number of carbonyl (C=O) groups is 3. The number of ketones is 1. The van der Waals surface area contributed by atoms with Crippen molar-refractivity contribution in [2.75, 3.05) is 13.1 Å². The minimum Gasteiger partial charge on any atom is -0.339 e. The van der Waals surface area contributed by atoms with Crippen molar-refractivity contribution in [1.82, 2.24) is 24.7 Å². The van der Waals surface area contributed by atoms with Crippen molar-refractivity contribution in [2.24, 2.45) is 5.41 Å². The van der Waals surface area contributed by atoms with Crippen molar-refractivity contribution in [3.05, 3.63) is 59.3 Å². The summed E-state index contributed by atoms with van der Waals surface area (Å²) in [6.07, 6.45) is 8.76. The lowest BCUT2D eigenvalue weighted by atomic mass is 9.71. The van der Waals surface area contributed by atoms with Gasteiger partial charge >= 0.3 is 0 Å². The van der Waals surface area contributed by atoms with Crippen LogP contribution in [0.1, 0.15) is 99.6 Å². The summed E-state index contributed by atoms with van der Waals surface area (Å²) in [5.74, 6) is -0.585. The number of Topliss-reactive ketones (excluding diaryl/α,β-unsaturated/α-hetero) is 1. The Morgan fingerprint density at radius 2 is 1.91 bits per heavy atom. The summed E-state index contributed by atoms with van der Waals surface area (Å²) in [5, 5.41) is 4.34. The molecule has 4 heterocycles. The zero-order valence-corrected chi connectivity index (χ0v) is 26.7. The van der Waals surface area contributed by atoms with Gasteiger partial charge in [0.2, 0.25) is 5.91 Å². The Bertz CT molecular complexity index is 1640. The predicted octanol–water partition coefficient (Wildman–Crippen LogP) is 5.83. The highest BCUT2D eigenvalue weighted by molar-refractivity contribution is 6.12. The second-order valence-corrected chi connectivity index (χ2v) is 13.8. The molecule has 1 N–H and O–H groups in total. The molecule has 2 aromatic heterocycles. The molecule has 3 atom stereocenters. The largest absolute Gasteiger partial charge is 0.339 e. The maximum absolute atomic E-state index is 14.6. The number of hydrogen-bond acceptors (Lipinski definition) is 5. The fraction of sp³-hybridized carbons (Fsp3) is 0.543. The van der Waals surface area contributed by atoms with Gasteiger partial charge in [-0.3, -0.25) is 19.4 Å². The number of likely N-dealkylation sites (tertiary alicyclic amines) is 1. The molecular weight excluding hydrogens is 557 g/mol. The molecular formula is C35H44FN5O3. The molecule has 2 saturated heterocycles. The van der Waals surface area contributed by atoms with E-state index in [4.69, 9.17) is 0 Å². The van der Waals surface area contributed by atoms with Crippen LogP contribution < -0.4 is 5.32 Å². The number of fused-ring (bicyclic) bond motifs is 1. The SMILES string of the molecule is CCN(C(=O)c1cc(F)ccc1-n1c(C)c(C(=O)[C@@]2(C)CCN(C(=O)[C@@H]3CCC4(CC4)N3)[C@@H](C)C2)c2ccncc21)C(C)C. The Morgan fingerprint density at radius 3 is 2.55 bits per heavy atom. The molecule has 6 rings (SSSR count). The van der Waals surface area contributed by atoms with Gasteiger partial charge in [-0.05, 0) is 97.4 Å². The first-order valence-corrected chi connectivity index (χ1v) is 16.1. The van der Waals surface area contributed by atoms with E-state index >= 15 is 0 Å². The first-order chi connectivity index (χ1) is 20.9. The van der Waals surface area contributed by atoms with Gasteiger partial charge in [0.25, 0.3) is 5.91 Å². The average Bonchev–Trinajstić information content (AvgIpc) is 3.51. The van der Waals surface area contributed by atoms with Crippen LogP contribution >= 0.6 is 0 Å². The van der Waals surface area contributed by atoms with Gasteiger partial charge in [-0.15, -0.1) is 0 Å². The molecule has 2 amide bonds. The highest BCUT2D eigenvalue weighted by Crippen LogP contribution is 2.46. The number of nitrogens with zero attached hydrogens (tertiary/aromatic N) is 4. The number of halogens is 1. The van der Waals surface area contributed by atoms with E-state index in [1.54, 1.807) is 23.4 Å². The van der Waals surface area contributed by atoms with Gasteiger partial charge in [-0.25, -0.2) is 4.39 Å². The number of nitrogens with one attached hydrogen (secondary N) is 1. The number of carbonyl (C=O) groups excluding carboxylic acids is 3. The zero-order chi connectivity index (χ0) is 31.6. The molecule has 44 heavy (non-hydrogen) atoms. The molecule has 3 aliphatic rings. The van der Waals surface area contributed by atoms with Gasteiger partial charge in [0.15, 0.2) is 5.78 Å². The Hall–Kier alpha value is -3.59. The van der Waals surface area contributed by atoms with Crippen molar-refractivity contribution in [3.63, 3.8) is 0 Å². The predicted molar refractivity (Wildman–Crippen MR) is 169 cm³/mol. The zero-order valence-electron chi connectivity index (χ0n) is 26.7. The summed E-state index contributed by atoms with van der Waals surface area (Å²) >= 11 is 0. The van der Waals surface area contributed by atoms with Crippen LogP contribution in [0, 0.1) is 18.2 Å². The van der Waals surface area contributed by atoms with E-state index in [2.05, 4.69) is 17.2 Å². The first-order valence-electron chi connectivity index (χ1n) is 16.1. The number of pyridine rings is 1. The van der Waals surface area contributed by atoms with Crippen LogP contribution in [-0.2, 0) is 4.79 Å². The third-order valence-corrected chi connectivity index (χ3v) is 10.4. The summed E-state index contributed by atoms with van der Waals surface area (Å²) in [7, 11) is 0. The number of benzene rings is 1. The van der Waals surface area contributed by atoms with Gasteiger partial charge in [0.1, 0.15) is 5.82 Å². The smallest absolute Gasteiger partial charge is 0.256 e. The third kappa shape index (κ3) is 5.03. The van der Waals surface area contributed by atoms with E-state index in [9.17, 15) is 18.8 Å². The minimum absolute atomic E-state index is 0.0205. The summed E-state index contributed by atoms with van der Waals surface area (Å²) < 4.78 is 16.5. The van der Waals surface area contributed by atoms with Gasteiger partial charge in [0.05, 0.1) is 29.0 Å². The van der Waals surface area contributed by atoms with Gasteiger partial charge in [-0.2, -0.15) is 0 Å². The summed E-state index contributed by atoms with van der Waals surface area (Å²) in [5.41, 5.74) is 2.23. The first kappa shape index (κ1) is 30.4. The molecule has 3 aromatic rings.